The number of nitrogens with one attached hydrogen (secondary N) is 9. The molecule has 10 amide bonds. The molecule has 534 valence electrons. The molecule has 3 heterocycles. The number of primary amides is 1. The van der Waals surface area contributed by atoms with Gasteiger partial charge >= 0.3 is 5.97 Å². The Balaban J connectivity index is 1.84. The molecule has 1 aromatic heterocycles. The number of carbonyl (C=O) groups excluding carboxylic acids is 11. The minimum atomic E-state index is -2.10. The van der Waals surface area contributed by atoms with E-state index in [9.17, 15) is 88.5 Å². The number of esters is 1. The number of carbonyl (C=O) groups is 11. The summed E-state index contributed by atoms with van der Waals surface area (Å²) in [7, 11) is 1.05. The number of benzene rings is 1. The van der Waals surface area contributed by atoms with Gasteiger partial charge in [0, 0.05) is 38.2 Å². The Morgan fingerprint density at radius 1 is 0.812 bits per heavy atom. The molecule has 0 unspecified atom stereocenters. The number of rotatable bonds is 27. The molecular weight excluding hydrogens is 1260 g/mol. The Bertz CT molecular complexity index is 2980. The second kappa shape index (κ2) is 40.2. The maximum Gasteiger partial charge on any atom is 0.329 e. The van der Waals surface area contributed by atoms with Crippen molar-refractivity contribution >= 4 is 65.0 Å². The number of aromatic amines is 1. The fourth-order valence-corrected chi connectivity index (χ4v) is 10.5. The summed E-state index contributed by atoms with van der Waals surface area (Å²) in [6.45, 7) is 6.31. The molecule has 2 saturated heterocycles. The van der Waals surface area contributed by atoms with Crippen molar-refractivity contribution in [3.63, 3.8) is 0 Å². The Labute approximate surface area is 555 Å². The van der Waals surface area contributed by atoms with Gasteiger partial charge in [0.1, 0.15) is 83.9 Å². The van der Waals surface area contributed by atoms with Crippen LogP contribution in [-0.4, -0.2) is 227 Å². The van der Waals surface area contributed by atoms with E-state index in [0.29, 0.717) is 12.0 Å². The maximum atomic E-state index is 15.0. The highest BCUT2D eigenvalue weighted by Gasteiger charge is 2.47. The van der Waals surface area contributed by atoms with E-state index in [4.69, 9.17) is 19.9 Å². The number of nitrogens with two attached hydrogens (primary N) is 1. The number of hydrogen-bond donors (Lipinski definition) is 17. The number of amides is 10. The molecule has 1 aromatic carbocycles. The number of phenols is 1. The number of cyclic esters (lactones) is 1. The van der Waals surface area contributed by atoms with Gasteiger partial charge in [-0.25, -0.2) is 9.78 Å². The van der Waals surface area contributed by atoms with Gasteiger partial charge in [-0.3, -0.25) is 47.9 Å². The zero-order valence-electron chi connectivity index (χ0n) is 55.1. The number of aromatic nitrogens is 2. The van der Waals surface area contributed by atoms with E-state index in [0.717, 1.165) is 76.5 Å². The van der Waals surface area contributed by atoms with Crippen molar-refractivity contribution in [2.45, 2.75) is 229 Å². The molecule has 0 radical (unpaired) electrons. The van der Waals surface area contributed by atoms with Crippen molar-refractivity contribution < 1.29 is 103 Å². The minimum Gasteiger partial charge on any atom is -0.508 e. The SMILES string of the molecule is C/C=C1\NC(=O)[C@@H](Cc2ccc(O)cc2)NC(=O)[C@@H]([C@@H](C)O)NC(=O)[C@@H](NC(=O)/C(=C\C)NC(=O)C[C@H](O)CCCCCCCCCCC)[C@@H](C)OC(=O)[C@H](Cc2cnc[nH]2)NC(=O)[C@H]([C@H](C)O[C@H]2O[C@H](CO)[C@H](O)[C@H](O)[C@@H]2O)N(C)C(=O)CNC(=O)[C@@H](CCC(N)=O)NC1=O. The lowest BCUT2D eigenvalue weighted by atomic mass is 9.99. The summed E-state index contributed by atoms with van der Waals surface area (Å²) >= 11 is 0. The number of hydrogen-bond acceptors (Lipinski definition) is 22. The highest BCUT2D eigenvalue weighted by molar-refractivity contribution is 6.03. The van der Waals surface area contributed by atoms with Crippen molar-refractivity contribution in [2.24, 2.45) is 5.73 Å². The van der Waals surface area contributed by atoms with Crippen molar-refractivity contribution in [2.75, 3.05) is 20.2 Å². The number of allylic oxidation sites excluding steroid dienone is 2. The number of ether oxygens (including phenoxy) is 3. The number of nitrogens with zero attached hydrogens (tertiary/aromatic N) is 2. The molecule has 2 fully saturated rings. The van der Waals surface area contributed by atoms with E-state index in [1.807, 2.05) is 0 Å². The second-order valence-corrected chi connectivity index (χ2v) is 23.7. The lowest BCUT2D eigenvalue weighted by Gasteiger charge is -2.42. The molecule has 2 aromatic rings. The van der Waals surface area contributed by atoms with Crippen LogP contribution in [0, 0.1) is 0 Å². The van der Waals surface area contributed by atoms with Gasteiger partial charge in [-0.1, -0.05) is 89.0 Å². The van der Waals surface area contributed by atoms with Gasteiger partial charge in [-0.05, 0) is 65.2 Å². The van der Waals surface area contributed by atoms with Crippen molar-refractivity contribution in [1.29, 1.82) is 0 Å². The fraction of sp³-hybridized carbons (Fsp3) is 0.619. The van der Waals surface area contributed by atoms with Crippen LogP contribution in [-0.2, 0) is 79.8 Å². The van der Waals surface area contributed by atoms with Gasteiger partial charge in [0.25, 0.3) is 11.8 Å². The summed E-state index contributed by atoms with van der Waals surface area (Å²) in [5, 5.41) is 93.2. The number of phenolic OH excluding ortho intramolecular Hbond substituents is 1. The third-order valence-electron chi connectivity index (χ3n) is 16.1. The average molecular weight is 1360 g/mol. The smallest absolute Gasteiger partial charge is 0.329 e. The quantitative estimate of drug-likeness (QED) is 0.0238. The van der Waals surface area contributed by atoms with Crippen LogP contribution < -0.4 is 48.3 Å². The van der Waals surface area contributed by atoms with Gasteiger partial charge in [0.15, 0.2) is 6.29 Å². The van der Waals surface area contributed by atoms with Gasteiger partial charge in [0.05, 0.1) is 44.2 Å². The summed E-state index contributed by atoms with van der Waals surface area (Å²) in [5.74, 6) is -12.7. The summed E-state index contributed by atoms with van der Waals surface area (Å²) in [6, 6.07) is -6.02. The van der Waals surface area contributed by atoms with Crippen LogP contribution in [0.15, 0.2) is 60.3 Å². The highest BCUT2D eigenvalue weighted by atomic mass is 16.7. The summed E-state index contributed by atoms with van der Waals surface area (Å²) in [4.78, 5) is 163. The normalized spacial score (nSPS) is 26.4. The lowest BCUT2D eigenvalue weighted by Crippen LogP contribution is -2.63. The molecule has 0 bridgehead atoms. The average Bonchev–Trinajstić information content (AvgIpc) is 1.09. The van der Waals surface area contributed by atoms with Crippen LogP contribution in [0.2, 0.25) is 0 Å². The van der Waals surface area contributed by atoms with Gasteiger partial charge in [0.2, 0.25) is 47.3 Å². The molecule has 0 spiro atoms. The fourth-order valence-electron chi connectivity index (χ4n) is 10.5. The maximum absolute atomic E-state index is 15.0. The molecule has 15 atom stereocenters. The molecule has 2 aliphatic rings. The first-order valence-corrected chi connectivity index (χ1v) is 32.1. The molecule has 96 heavy (non-hydrogen) atoms. The van der Waals surface area contributed by atoms with E-state index in [1.165, 1.54) is 70.4 Å². The Morgan fingerprint density at radius 3 is 2.05 bits per heavy atom. The van der Waals surface area contributed by atoms with E-state index < -0.39 is 213 Å². The number of aliphatic hydroxyl groups is 6. The number of aromatic hydroxyl groups is 1. The van der Waals surface area contributed by atoms with Crippen LogP contribution in [0.25, 0.3) is 0 Å². The van der Waals surface area contributed by atoms with E-state index in [2.05, 4.69) is 59.4 Å². The minimum absolute atomic E-state index is 0.167. The zero-order chi connectivity index (χ0) is 71.3. The van der Waals surface area contributed by atoms with E-state index >= 15 is 0 Å². The molecule has 4 rings (SSSR count). The van der Waals surface area contributed by atoms with Crippen molar-refractivity contribution in [3.05, 3.63) is 71.6 Å². The first-order valence-electron chi connectivity index (χ1n) is 32.1. The van der Waals surface area contributed by atoms with E-state index in [1.54, 1.807) is 0 Å². The van der Waals surface area contributed by atoms with Crippen LogP contribution in [0.1, 0.15) is 136 Å². The first kappa shape index (κ1) is 80.0. The van der Waals surface area contributed by atoms with Crippen molar-refractivity contribution in [3.8, 4) is 5.75 Å². The van der Waals surface area contributed by atoms with Crippen LogP contribution in [0.5, 0.6) is 5.75 Å². The monoisotopic (exact) mass is 1360 g/mol. The van der Waals surface area contributed by atoms with Crippen molar-refractivity contribution in [1.82, 2.24) is 57.4 Å². The molecule has 18 N–H and O–H groups in total. The number of aliphatic hydroxyl groups excluding tert-OH is 6. The Kier molecular flexibility index (Phi) is 33.5. The number of unbranched alkanes of at least 4 members (excludes halogenated alkanes) is 8. The zero-order valence-corrected chi connectivity index (χ0v) is 55.1. The molecule has 0 saturated carbocycles. The predicted octanol–water partition coefficient (Wildman–Crippen LogP) is -3.22. The topological polar surface area (TPSA) is 511 Å². The highest BCUT2D eigenvalue weighted by Crippen LogP contribution is 2.25. The predicted molar refractivity (Wildman–Crippen MR) is 340 cm³/mol. The third-order valence-corrected chi connectivity index (χ3v) is 16.1. The summed E-state index contributed by atoms with van der Waals surface area (Å²) in [6.07, 6.45) is -3.89. The van der Waals surface area contributed by atoms with Crippen LogP contribution >= 0.6 is 0 Å². The van der Waals surface area contributed by atoms with Gasteiger partial charge in [-0.2, -0.15) is 0 Å². The third kappa shape index (κ3) is 25.3. The van der Waals surface area contributed by atoms with Gasteiger partial charge < -0.3 is 108 Å². The first-order chi connectivity index (χ1) is 45.5. The standard InChI is InChI=1S/C63H96N12O21/c1-8-11-12-13-14-15-16-17-18-19-39(79)28-47(81)68-40(9-2)57(88)74-50-34(5)94-62(93)44(27-37-29-65-32-67-37)72-61(92)51(35(6)95-63-54(85)53(84)52(83)45(31-76)96-63)75(7)48(82)30-66-55(86)42(24-25-46(64)80)70-56(87)41(10-3)69-58(89)43(26-36-20-22-38(78)23-21-36)71-59(90)49(33(4)77)73-60(50)91/h9-10,20-23,29,32-35,39,42-45,49-54,63,76-79,83-85H,8,11-19,24-28,30-31H2,1-7H3,(H2,64,80)(H,65,67)(H,66,86)(H,68,81)(H,69,89)(H,70,87)(H,71,90)(H,72,92)(H,73,91)(H,74,88)/b40-9+,41-10-/t33-,34-,35+,39-,42-,43-,44+,45-,49-,50+,51+,52+,53+,54+,63+/m1/s1. The number of imidazole rings is 1. The Hall–Kier alpha value is -8.44. The molecule has 0 aliphatic carbocycles. The lowest BCUT2D eigenvalue weighted by molar-refractivity contribution is -0.312. The van der Waals surface area contributed by atoms with Gasteiger partial charge in [-0.15, -0.1) is 0 Å². The largest absolute Gasteiger partial charge is 0.508 e. The summed E-state index contributed by atoms with van der Waals surface area (Å²) in [5.41, 5.74) is 4.89. The molecule has 33 nitrogen and oxygen atoms in total. The molecular formula is C63H96N12O21. The van der Waals surface area contributed by atoms with Crippen LogP contribution in [0.3, 0.4) is 0 Å². The second-order valence-electron chi connectivity index (χ2n) is 23.7. The molecule has 2 aliphatic heterocycles. The van der Waals surface area contributed by atoms with E-state index in [-0.39, 0.29) is 17.9 Å². The number of H-pyrrole nitrogens is 1. The number of likely N-dealkylation sites (N-methyl/N-ethyl adjacent to an activating group) is 1. The Morgan fingerprint density at radius 2 is 1.46 bits per heavy atom. The molecule has 33 heteroatoms. The summed E-state index contributed by atoms with van der Waals surface area (Å²) < 4.78 is 17.3. The van der Waals surface area contributed by atoms with Crippen LogP contribution in [0.4, 0.5) is 0 Å².